The molecule has 1 N–H and O–H groups in total. The normalized spacial score (nSPS) is 23.9. The van der Waals surface area contributed by atoms with Gasteiger partial charge >= 0.3 is 5.97 Å². The van der Waals surface area contributed by atoms with E-state index in [0.29, 0.717) is 17.2 Å². The van der Waals surface area contributed by atoms with Crippen LogP contribution in [0, 0.1) is 0 Å². The van der Waals surface area contributed by atoms with E-state index < -0.39 is 11.6 Å². The van der Waals surface area contributed by atoms with Gasteiger partial charge in [-0.05, 0) is 17.7 Å². The fraction of sp³-hybridized carbons (Fsp3) is 0.385. The molecular formula is C13H13ClN2O4. The highest BCUT2D eigenvalue weighted by molar-refractivity contribution is 6.31. The van der Waals surface area contributed by atoms with E-state index >= 15 is 0 Å². The van der Waals surface area contributed by atoms with Crippen LogP contribution < -0.4 is 0 Å². The zero-order valence-electron chi connectivity index (χ0n) is 10.8. The first-order valence-electron chi connectivity index (χ1n) is 6.07. The summed E-state index contributed by atoms with van der Waals surface area (Å²) in [5.41, 5.74) is 0.878. The summed E-state index contributed by atoms with van der Waals surface area (Å²) in [6.45, 7) is -0.263. The molecule has 0 unspecified atom stereocenters. The summed E-state index contributed by atoms with van der Waals surface area (Å²) < 4.78 is 10.6. The Morgan fingerprint density at radius 2 is 2.45 bits per heavy atom. The van der Waals surface area contributed by atoms with Gasteiger partial charge in [-0.15, -0.1) is 0 Å². The van der Waals surface area contributed by atoms with Gasteiger partial charge in [0.2, 0.25) is 5.60 Å². The highest BCUT2D eigenvalue weighted by Crippen LogP contribution is 2.38. The number of halogens is 1. The number of aliphatic hydroxyl groups is 1. The second kappa shape index (κ2) is 4.73. The van der Waals surface area contributed by atoms with Crippen LogP contribution in [0.1, 0.15) is 11.1 Å². The molecule has 0 amide bonds. The van der Waals surface area contributed by atoms with E-state index in [0.717, 1.165) is 11.1 Å². The van der Waals surface area contributed by atoms with Crippen LogP contribution in [0.25, 0.3) is 0 Å². The smallest absolute Gasteiger partial charge is 0.345 e. The van der Waals surface area contributed by atoms with E-state index in [1.807, 2.05) is 0 Å². The number of carbonyl (C=O) groups is 1. The molecule has 7 heteroatoms. The molecule has 0 aromatic heterocycles. The number of ether oxygens (including phenoxy) is 2. The lowest BCUT2D eigenvalue weighted by molar-refractivity contribution is -0.170. The quantitative estimate of drug-likeness (QED) is 0.816. The average Bonchev–Trinajstić information content (AvgIpc) is 2.79. The summed E-state index contributed by atoms with van der Waals surface area (Å²) in [5.74, 6) is -0.499. The van der Waals surface area contributed by atoms with Crippen LogP contribution in [0.3, 0.4) is 0 Å². The maximum atomic E-state index is 12.2. The Labute approximate surface area is 120 Å². The number of carbonyl (C=O) groups excluding carboxylic acids is 1. The Morgan fingerprint density at radius 1 is 1.65 bits per heavy atom. The fourth-order valence-corrected chi connectivity index (χ4v) is 2.78. The van der Waals surface area contributed by atoms with Crippen molar-refractivity contribution in [2.24, 2.45) is 5.10 Å². The molecule has 0 spiro atoms. The van der Waals surface area contributed by atoms with E-state index in [1.165, 1.54) is 12.1 Å². The van der Waals surface area contributed by atoms with Crippen molar-refractivity contribution in [1.82, 2.24) is 5.01 Å². The molecule has 106 valence electrons. The molecule has 1 heterocycles. The Kier molecular flexibility index (Phi) is 3.16. The van der Waals surface area contributed by atoms with Crippen molar-refractivity contribution >= 4 is 23.3 Å². The van der Waals surface area contributed by atoms with E-state index in [1.54, 1.807) is 18.2 Å². The average molecular weight is 297 g/mol. The highest BCUT2D eigenvalue weighted by atomic mass is 35.5. The van der Waals surface area contributed by atoms with Gasteiger partial charge in [0.1, 0.15) is 19.2 Å². The van der Waals surface area contributed by atoms with Crippen LogP contribution >= 0.6 is 11.6 Å². The summed E-state index contributed by atoms with van der Waals surface area (Å²) >= 11 is 5.99. The molecule has 20 heavy (non-hydrogen) atoms. The molecule has 2 aliphatic rings. The number of hydrogen-bond acceptors (Lipinski definition) is 6. The minimum Gasteiger partial charge on any atom is -0.467 e. The van der Waals surface area contributed by atoms with E-state index in [2.05, 4.69) is 5.10 Å². The monoisotopic (exact) mass is 296 g/mol. The number of benzene rings is 1. The van der Waals surface area contributed by atoms with Gasteiger partial charge in [0, 0.05) is 17.0 Å². The standard InChI is InChI=1S/C13H13ClN2O4/c1-19-12(18)13-5-8-4-9(14)2-3-10(8)11(13)15-16(6-17)7-20-13/h2-4,17H,5-7H2,1H3/t13-/m0/s1. The molecule has 3 rings (SSSR count). The van der Waals surface area contributed by atoms with Gasteiger partial charge in [-0.25, -0.2) is 9.80 Å². The van der Waals surface area contributed by atoms with Crippen molar-refractivity contribution < 1.29 is 19.4 Å². The van der Waals surface area contributed by atoms with E-state index in [4.69, 9.17) is 21.1 Å². The zero-order chi connectivity index (χ0) is 14.3. The lowest BCUT2D eigenvalue weighted by Gasteiger charge is -2.34. The number of hydrogen-bond donors (Lipinski definition) is 1. The zero-order valence-corrected chi connectivity index (χ0v) is 11.6. The molecule has 1 aromatic rings. The molecule has 1 atom stereocenters. The fourth-order valence-electron chi connectivity index (χ4n) is 2.58. The second-order valence-corrected chi connectivity index (χ2v) is 5.10. The summed E-state index contributed by atoms with van der Waals surface area (Å²) in [6, 6.07) is 5.31. The van der Waals surface area contributed by atoms with Gasteiger partial charge in [0.25, 0.3) is 0 Å². The number of rotatable bonds is 2. The van der Waals surface area contributed by atoms with Crippen LogP contribution in [-0.4, -0.2) is 48.0 Å². The molecule has 1 aliphatic heterocycles. The first-order valence-corrected chi connectivity index (χ1v) is 6.44. The van der Waals surface area contributed by atoms with Crippen molar-refractivity contribution in [3.05, 3.63) is 34.3 Å². The number of hydrazone groups is 1. The maximum absolute atomic E-state index is 12.2. The van der Waals surface area contributed by atoms with Crippen LogP contribution in [0.2, 0.25) is 5.02 Å². The number of esters is 1. The van der Waals surface area contributed by atoms with E-state index in [-0.39, 0.29) is 13.5 Å². The predicted molar refractivity (Wildman–Crippen MR) is 71.3 cm³/mol. The predicted octanol–water partition coefficient (Wildman–Crippen LogP) is 0.751. The number of aliphatic hydroxyl groups excluding tert-OH is 1. The van der Waals surface area contributed by atoms with Gasteiger partial charge in [-0.2, -0.15) is 5.10 Å². The van der Waals surface area contributed by atoms with Crippen LogP contribution in [0.4, 0.5) is 0 Å². The van der Waals surface area contributed by atoms with Crippen LogP contribution in [-0.2, 0) is 20.7 Å². The number of fused-ring (bicyclic) bond motifs is 3. The minimum atomic E-state index is -1.24. The second-order valence-electron chi connectivity index (χ2n) is 4.67. The summed E-state index contributed by atoms with van der Waals surface area (Å²) in [7, 11) is 1.31. The molecular weight excluding hydrogens is 284 g/mol. The molecule has 0 radical (unpaired) electrons. The Morgan fingerprint density at radius 3 is 3.15 bits per heavy atom. The molecule has 1 aliphatic carbocycles. The van der Waals surface area contributed by atoms with Gasteiger partial charge in [-0.3, -0.25) is 0 Å². The van der Waals surface area contributed by atoms with E-state index in [9.17, 15) is 9.90 Å². The van der Waals surface area contributed by atoms with Gasteiger partial charge in [-0.1, -0.05) is 17.7 Å². The highest BCUT2D eigenvalue weighted by Gasteiger charge is 2.54. The van der Waals surface area contributed by atoms with Crippen molar-refractivity contribution in [1.29, 1.82) is 0 Å². The van der Waals surface area contributed by atoms with Gasteiger partial charge in [0.05, 0.1) is 7.11 Å². The molecule has 6 nitrogen and oxygen atoms in total. The van der Waals surface area contributed by atoms with Crippen LogP contribution in [0.5, 0.6) is 0 Å². The van der Waals surface area contributed by atoms with Crippen molar-refractivity contribution in [2.45, 2.75) is 12.0 Å². The number of methoxy groups -OCH3 is 1. The third kappa shape index (κ3) is 1.80. The summed E-state index contributed by atoms with van der Waals surface area (Å²) in [4.78, 5) is 12.2. The van der Waals surface area contributed by atoms with Crippen molar-refractivity contribution in [3.8, 4) is 0 Å². The van der Waals surface area contributed by atoms with Gasteiger partial charge < -0.3 is 14.6 Å². The SMILES string of the molecule is COC(=O)[C@]12Cc3cc(Cl)ccc3C1=NN(CO)CO2. The van der Waals surface area contributed by atoms with Crippen molar-refractivity contribution in [3.63, 3.8) is 0 Å². The lowest BCUT2D eigenvalue weighted by atomic mass is 9.97. The Hall–Kier alpha value is -1.63. The third-order valence-corrected chi connectivity index (χ3v) is 3.76. The first kappa shape index (κ1) is 13.4. The minimum absolute atomic E-state index is 0.0246. The molecule has 0 saturated heterocycles. The van der Waals surface area contributed by atoms with Crippen LogP contribution in [0.15, 0.2) is 23.3 Å². The number of nitrogens with zero attached hydrogens (tertiary/aromatic N) is 2. The summed E-state index contributed by atoms with van der Waals surface area (Å²) in [6.07, 6.45) is 0.327. The maximum Gasteiger partial charge on any atom is 0.345 e. The largest absolute Gasteiger partial charge is 0.467 e. The van der Waals surface area contributed by atoms with Gasteiger partial charge in [0.15, 0.2) is 0 Å². The molecule has 0 fully saturated rings. The molecule has 0 saturated carbocycles. The first-order chi connectivity index (χ1) is 9.60. The summed E-state index contributed by atoms with van der Waals surface area (Å²) in [5, 5.41) is 15.4. The topological polar surface area (TPSA) is 71.4 Å². The molecule has 1 aromatic carbocycles. The lowest BCUT2D eigenvalue weighted by Crippen LogP contribution is -2.54. The van der Waals surface area contributed by atoms with Crippen molar-refractivity contribution in [2.75, 3.05) is 20.6 Å². The Bertz CT molecular complexity index is 604. The Balaban J connectivity index is 2.15. The third-order valence-electron chi connectivity index (χ3n) is 3.52. The molecule has 0 bridgehead atoms.